The number of hydrogen-bond donors (Lipinski definition) is 2. The fraction of sp³-hybridized carbons (Fsp3) is 0.679. The molecule has 3 aliphatic rings. The van der Waals surface area contributed by atoms with Crippen molar-refractivity contribution in [3.8, 4) is 0 Å². The number of likely N-dealkylation sites (tertiary alicyclic amines) is 1. The van der Waals surface area contributed by atoms with Crippen LogP contribution in [0.4, 0.5) is 0 Å². The summed E-state index contributed by atoms with van der Waals surface area (Å²) in [6.45, 7) is 9.50. The molecule has 4 rings (SSSR count). The van der Waals surface area contributed by atoms with Crippen molar-refractivity contribution in [3.63, 3.8) is 0 Å². The Morgan fingerprint density at radius 2 is 1.97 bits per heavy atom. The van der Waals surface area contributed by atoms with Crippen LogP contribution in [0.5, 0.6) is 0 Å². The van der Waals surface area contributed by atoms with E-state index in [0.717, 1.165) is 18.4 Å². The number of carbonyl (C=O) groups is 3. The van der Waals surface area contributed by atoms with Gasteiger partial charge in [0.2, 0.25) is 11.8 Å². The summed E-state index contributed by atoms with van der Waals surface area (Å²) in [6, 6.07) is 7.94. The number of ether oxygens (including phenoxy) is 2. The highest BCUT2D eigenvalue weighted by Gasteiger charge is 2.80. The average molecular weight is 501 g/mol. The highest BCUT2D eigenvalue weighted by molar-refractivity contribution is 5.98. The third-order valence-corrected chi connectivity index (χ3v) is 8.57. The van der Waals surface area contributed by atoms with E-state index in [-0.39, 0.29) is 37.0 Å². The monoisotopic (exact) mass is 500 g/mol. The zero-order chi connectivity index (χ0) is 26.3. The molecular formula is C28H40N2O6. The summed E-state index contributed by atoms with van der Waals surface area (Å²) in [7, 11) is 0. The van der Waals surface area contributed by atoms with E-state index >= 15 is 0 Å². The molecule has 8 atom stereocenters. The third kappa shape index (κ3) is 4.12. The molecule has 0 saturated carbocycles. The molecule has 3 heterocycles. The van der Waals surface area contributed by atoms with Crippen molar-refractivity contribution in [2.75, 3.05) is 13.2 Å². The molecule has 4 unspecified atom stereocenters. The molecule has 1 aromatic carbocycles. The van der Waals surface area contributed by atoms with Gasteiger partial charge in [0.1, 0.15) is 17.6 Å². The number of benzene rings is 1. The lowest BCUT2D eigenvalue weighted by atomic mass is 9.62. The van der Waals surface area contributed by atoms with Crippen molar-refractivity contribution >= 4 is 17.8 Å². The number of esters is 1. The largest absolute Gasteiger partial charge is 0.466 e. The number of amides is 2. The second kappa shape index (κ2) is 10.1. The predicted molar refractivity (Wildman–Crippen MR) is 134 cm³/mol. The molecule has 3 saturated heterocycles. The summed E-state index contributed by atoms with van der Waals surface area (Å²) in [5.74, 6) is -2.77. The van der Waals surface area contributed by atoms with E-state index in [0.29, 0.717) is 12.8 Å². The average Bonchev–Trinajstić information content (AvgIpc) is 3.35. The molecule has 2 bridgehead atoms. The van der Waals surface area contributed by atoms with Crippen LogP contribution in [0.1, 0.15) is 59.4 Å². The Hall–Kier alpha value is -2.45. The second-order valence-corrected chi connectivity index (χ2v) is 10.9. The zero-order valence-corrected chi connectivity index (χ0v) is 22.0. The lowest BCUT2D eigenvalue weighted by molar-refractivity contribution is -0.162. The molecule has 0 radical (unpaired) electrons. The Morgan fingerprint density at radius 1 is 1.28 bits per heavy atom. The molecule has 198 valence electrons. The predicted octanol–water partition coefficient (Wildman–Crippen LogP) is 2.47. The first-order chi connectivity index (χ1) is 17.1. The fourth-order valence-corrected chi connectivity index (χ4v) is 6.92. The van der Waals surface area contributed by atoms with Gasteiger partial charge in [-0.3, -0.25) is 14.4 Å². The first-order valence-corrected chi connectivity index (χ1v) is 13.3. The molecule has 2 amide bonds. The summed E-state index contributed by atoms with van der Waals surface area (Å²) >= 11 is 0. The topological polar surface area (TPSA) is 105 Å². The molecule has 8 heteroatoms. The van der Waals surface area contributed by atoms with Gasteiger partial charge < -0.3 is 24.8 Å². The molecule has 1 spiro atoms. The number of nitrogens with zero attached hydrogens (tertiary/aromatic N) is 1. The Labute approximate surface area is 213 Å². The minimum Gasteiger partial charge on any atom is -0.466 e. The van der Waals surface area contributed by atoms with Crippen LogP contribution in [0.25, 0.3) is 0 Å². The van der Waals surface area contributed by atoms with E-state index in [1.54, 1.807) is 6.92 Å². The Bertz CT molecular complexity index is 986. The van der Waals surface area contributed by atoms with E-state index in [1.807, 2.05) is 51.1 Å². The summed E-state index contributed by atoms with van der Waals surface area (Å²) in [5, 5.41) is 13.6. The molecule has 3 aliphatic heterocycles. The summed E-state index contributed by atoms with van der Waals surface area (Å²) < 4.78 is 12.1. The van der Waals surface area contributed by atoms with E-state index in [4.69, 9.17) is 9.47 Å². The zero-order valence-electron chi connectivity index (χ0n) is 22.0. The van der Waals surface area contributed by atoms with Gasteiger partial charge in [0.25, 0.3) is 0 Å². The molecule has 0 aromatic heterocycles. The van der Waals surface area contributed by atoms with Crippen LogP contribution < -0.4 is 5.32 Å². The second-order valence-electron chi connectivity index (χ2n) is 10.9. The van der Waals surface area contributed by atoms with Gasteiger partial charge >= 0.3 is 5.97 Å². The van der Waals surface area contributed by atoms with Crippen LogP contribution in [0.2, 0.25) is 0 Å². The van der Waals surface area contributed by atoms with Crippen molar-refractivity contribution in [3.05, 3.63) is 35.9 Å². The van der Waals surface area contributed by atoms with Gasteiger partial charge in [0.15, 0.2) is 0 Å². The maximum Gasteiger partial charge on any atom is 0.312 e. The SMILES string of the molecule is CCCC(C)NC(=O)C1N([C@@H](CO)Cc2ccccc2)C(=O)[C@@H]2[C@H](C(=O)OCC)[C@@]3(C)OC12CC3C. The lowest BCUT2D eigenvalue weighted by Gasteiger charge is -2.37. The van der Waals surface area contributed by atoms with Crippen LogP contribution in [-0.2, 0) is 30.3 Å². The van der Waals surface area contributed by atoms with Gasteiger partial charge in [-0.2, -0.15) is 0 Å². The Morgan fingerprint density at radius 3 is 2.58 bits per heavy atom. The van der Waals surface area contributed by atoms with Gasteiger partial charge in [-0.05, 0) is 51.5 Å². The third-order valence-electron chi connectivity index (χ3n) is 8.57. The fourth-order valence-electron chi connectivity index (χ4n) is 6.92. The molecule has 1 aromatic rings. The number of nitrogens with one attached hydrogen (secondary N) is 1. The van der Waals surface area contributed by atoms with Crippen LogP contribution in [0.3, 0.4) is 0 Å². The quantitative estimate of drug-likeness (QED) is 0.478. The van der Waals surface area contributed by atoms with Crippen molar-refractivity contribution in [1.82, 2.24) is 10.2 Å². The number of rotatable bonds is 10. The summed E-state index contributed by atoms with van der Waals surface area (Å²) in [5.41, 5.74) is -1.10. The Balaban J connectivity index is 1.78. The Kier molecular flexibility index (Phi) is 7.49. The molecule has 2 N–H and O–H groups in total. The highest BCUT2D eigenvalue weighted by Crippen LogP contribution is 2.65. The van der Waals surface area contributed by atoms with Gasteiger partial charge in [0, 0.05) is 6.04 Å². The summed E-state index contributed by atoms with van der Waals surface area (Å²) in [6.07, 6.45) is 2.58. The van der Waals surface area contributed by atoms with E-state index in [1.165, 1.54) is 4.90 Å². The maximum atomic E-state index is 14.2. The number of fused-ring (bicyclic) bond motifs is 1. The molecule has 36 heavy (non-hydrogen) atoms. The van der Waals surface area contributed by atoms with E-state index in [2.05, 4.69) is 12.2 Å². The van der Waals surface area contributed by atoms with Crippen molar-refractivity contribution in [2.24, 2.45) is 17.8 Å². The molecule has 8 nitrogen and oxygen atoms in total. The van der Waals surface area contributed by atoms with Crippen LogP contribution >= 0.6 is 0 Å². The number of hydrogen-bond acceptors (Lipinski definition) is 6. The van der Waals surface area contributed by atoms with Gasteiger partial charge in [-0.1, -0.05) is 50.6 Å². The van der Waals surface area contributed by atoms with Gasteiger partial charge in [-0.15, -0.1) is 0 Å². The van der Waals surface area contributed by atoms with E-state index < -0.39 is 41.1 Å². The minimum atomic E-state index is -1.15. The number of aliphatic hydroxyl groups excluding tert-OH is 1. The van der Waals surface area contributed by atoms with Crippen molar-refractivity contribution < 1.29 is 29.0 Å². The van der Waals surface area contributed by atoms with Gasteiger partial charge in [-0.25, -0.2) is 0 Å². The van der Waals surface area contributed by atoms with Crippen LogP contribution in [0.15, 0.2) is 30.3 Å². The van der Waals surface area contributed by atoms with E-state index in [9.17, 15) is 19.5 Å². The van der Waals surface area contributed by atoms with Crippen molar-refractivity contribution in [1.29, 1.82) is 0 Å². The highest BCUT2D eigenvalue weighted by atomic mass is 16.6. The normalized spacial score (nSPS) is 34.4. The first kappa shape index (κ1) is 26.6. The molecule has 0 aliphatic carbocycles. The number of aliphatic hydroxyl groups is 1. The summed E-state index contributed by atoms with van der Waals surface area (Å²) in [4.78, 5) is 42.9. The van der Waals surface area contributed by atoms with Crippen LogP contribution in [-0.4, -0.2) is 70.3 Å². The smallest absolute Gasteiger partial charge is 0.312 e. The minimum absolute atomic E-state index is 0.0547. The van der Waals surface area contributed by atoms with Crippen molar-refractivity contribution in [2.45, 2.75) is 89.6 Å². The maximum absolute atomic E-state index is 14.2. The van der Waals surface area contributed by atoms with Gasteiger partial charge in [0.05, 0.1) is 30.8 Å². The standard InChI is InChI=1S/C28H40N2O6/c1-6-11-18(4)29-24(32)23-28-15-17(3)27(5,36-28)22(26(34)35-7-2)21(28)25(33)30(23)20(16-31)14-19-12-9-8-10-13-19/h8-10,12-13,17-18,20-23,31H,6-7,11,14-16H2,1-5H3,(H,29,32)/t17?,18?,20-,21+,22-,23?,27+,28?/m1/s1. The number of carbonyl (C=O) groups excluding carboxylic acids is 3. The molecular weight excluding hydrogens is 460 g/mol. The first-order valence-electron chi connectivity index (χ1n) is 13.3. The van der Waals surface area contributed by atoms with Crippen LogP contribution in [0, 0.1) is 17.8 Å². The molecule has 3 fully saturated rings. The lowest BCUT2D eigenvalue weighted by Crippen LogP contribution is -2.59.